The highest BCUT2D eigenvalue weighted by molar-refractivity contribution is 5.76. The van der Waals surface area contributed by atoms with E-state index in [4.69, 9.17) is 5.73 Å². The van der Waals surface area contributed by atoms with Crippen molar-refractivity contribution in [2.24, 2.45) is 0 Å². The van der Waals surface area contributed by atoms with E-state index in [0.717, 1.165) is 22.4 Å². The summed E-state index contributed by atoms with van der Waals surface area (Å²) in [6.07, 6.45) is 0.260. The van der Waals surface area contributed by atoms with Gasteiger partial charge in [0.25, 0.3) is 0 Å². The number of hydrogen-bond acceptors (Lipinski definition) is 2. The Balaban J connectivity index is 2.56. The molecule has 2 nitrogen and oxygen atoms in total. The molecule has 1 atom stereocenters. The van der Waals surface area contributed by atoms with Gasteiger partial charge in [0.05, 0.1) is 6.10 Å². The summed E-state index contributed by atoms with van der Waals surface area (Å²) in [5, 5.41) is 9.47. The van der Waals surface area contributed by atoms with Crippen LogP contribution in [0.5, 0.6) is 0 Å². The zero-order valence-electron chi connectivity index (χ0n) is 6.75. The molecule has 62 valence electrons. The van der Waals surface area contributed by atoms with Crippen LogP contribution in [0.25, 0.3) is 5.57 Å². The second kappa shape index (κ2) is 2.35. The fraction of sp³-hybridized carbons (Fsp3) is 0.200. The first kappa shape index (κ1) is 7.37. The monoisotopic (exact) mass is 161 g/mol. The molecular weight excluding hydrogens is 150 g/mol. The smallest absolute Gasteiger partial charge is 0.0830 e. The third-order valence-corrected chi connectivity index (χ3v) is 2.30. The van der Waals surface area contributed by atoms with Gasteiger partial charge in [-0.05, 0) is 28.8 Å². The molecule has 0 radical (unpaired) electrons. The van der Waals surface area contributed by atoms with Crippen molar-refractivity contribution >= 4 is 11.3 Å². The number of benzene rings is 1. The van der Waals surface area contributed by atoms with Gasteiger partial charge in [0.15, 0.2) is 0 Å². The normalized spacial score (nSPS) is 21.1. The van der Waals surface area contributed by atoms with E-state index in [0.29, 0.717) is 6.42 Å². The van der Waals surface area contributed by atoms with Crippen molar-refractivity contribution in [1.29, 1.82) is 0 Å². The molecule has 0 aromatic heterocycles. The van der Waals surface area contributed by atoms with Crippen LogP contribution in [0, 0.1) is 0 Å². The molecule has 0 aliphatic heterocycles. The molecular formula is C10H11NO. The van der Waals surface area contributed by atoms with Crippen LogP contribution in [-0.4, -0.2) is 11.2 Å². The van der Waals surface area contributed by atoms with Gasteiger partial charge < -0.3 is 10.8 Å². The number of aliphatic hydroxyl groups excluding tert-OH is 1. The lowest BCUT2D eigenvalue weighted by Crippen LogP contribution is -2.01. The van der Waals surface area contributed by atoms with E-state index in [9.17, 15) is 5.11 Å². The molecule has 1 aromatic rings. The molecule has 0 fully saturated rings. The van der Waals surface area contributed by atoms with Crippen LogP contribution in [0.4, 0.5) is 5.69 Å². The molecule has 0 saturated heterocycles. The predicted molar refractivity (Wildman–Crippen MR) is 49.6 cm³/mol. The first-order valence-corrected chi connectivity index (χ1v) is 3.94. The van der Waals surface area contributed by atoms with Crippen LogP contribution in [0.15, 0.2) is 24.8 Å². The summed E-state index contributed by atoms with van der Waals surface area (Å²) < 4.78 is 0. The van der Waals surface area contributed by atoms with Gasteiger partial charge in [-0.1, -0.05) is 12.6 Å². The molecule has 0 amide bonds. The first-order valence-electron chi connectivity index (χ1n) is 3.94. The summed E-state index contributed by atoms with van der Waals surface area (Å²) in [6.45, 7) is 3.81. The Morgan fingerprint density at radius 2 is 2.25 bits per heavy atom. The van der Waals surface area contributed by atoms with E-state index < -0.39 is 6.10 Å². The van der Waals surface area contributed by atoms with E-state index in [-0.39, 0.29) is 0 Å². The molecule has 0 spiro atoms. The Bertz CT molecular complexity index is 344. The summed E-state index contributed by atoms with van der Waals surface area (Å²) >= 11 is 0. The summed E-state index contributed by atoms with van der Waals surface area (Å²) in [5.41, 5.74) is 9.29. The average Bonchev–Trinajstić information content (AvgIpc) is 2.31. The van der Waals surface area contributed by atoms with Gasteiger partial charge in [0.1, 0.15) is 0 Å². The number of nitrogen functional groups attached to an aromatic ring is 1. The van der Waals surface area contributed by atoms with Crippen molar-refractivity contribution in [1.82, 2.24) is 0 Å². The van der Waals surface area contributed by atoms with Crippen LogP contribution in [0.2, 0.25) is 0 Å². The highest BCUT2D eigenvalue weighted by Gasteiger charge is 2.22. The Kier molecular flexibility index (Phi) is 1.45. The molecule has 0 heterocycles. The average molecular weight is 161 g/mol. The Labute approximate surface area is 71.3 Å². The SMILES string of the molecule is C=C1c2cc(N)ccc2CC1O. The lowest BCUT2D eigenvalue weighted by Gasteiger charge is -2.01. The number of fused-ring (bicyclic) bond motifs is 1. The Morgan fingerprint density at radius 1 is 1.50 bits per heavy atom. The number of nitrogens with two attached hydrogens (primary N) is 1. The van der Waals surface area contributed by atoms with E-state index in [1.54, 1.807) is 0 Å². The van der Waals surface area contributed by atoms with Crippen LogP contribution >= 0.6 is 0 Å². The summed E-state index contributed by atoms with van der Waals surface area (Å²) in [4.78, 5) is 0. The fourth-order valence-corrected chi connectivity index (χ4v) is 1.58. The molecule has 0 bridgehead atoms. The summed E-state index contributed by atoms with van der Waals surface area (Å²) in [7, 11) is 0. The zero-order chi connectivity index (χ0) is 8.72. The Hall–Kier alpha value is -1.28. The number of anilines is 1. The zero-order valence-corrected chi connectivity index (χ0v) is 6.75. The molecule has 1 aromatic carbocycles. The number of aliphatic hydroxyl groups is 1. The molecule has 2 heteroatoms. The van der Waals surface area contributed by atoms with E-state index >= 15 is 0 Å². The maximum absolute atomic E-state index is 9.47. The summed E-state index contributed by atoms with van der Waals surface area (Å²) in [5.74, 6) is 0. The minimum Gasteiger partial charge on any atom is -0.399 e. The maximum atomic E-state index is 9.47. The third kappa shape index (κ3) is 0.924. The standard InChI is InChI=1S/C10H11NO/c1-6-9-5-8(11)3-2-7(9)4-10(6)12/h2-3,5,10,12H,1,4,11H2. The first-order chi connectivity index (χ1) is 5.68. The van der Waals surface area contributed by atoms with Crippen molar-refractivity contribution in [2.75, 3.05) is 5.73 Å². The minimum atomic E-state index is -0.415. The third-order valence-electron chi connectivity index (χ3n) is 2.30. The minimum absolute atomic E-state index is 0.415. The lowest BCUT2D eigenvalue weighted by molar-refractivity contribution is 0.240. The lowest BCUT2D eigenvalue weighted by atomic mass is 10.1. The second-order valence-electron chi connectivity index (χ2n) is 3.16. The molecule has 1 unspecified atom stereocenters. The van der Waals surface area contributed by atoms with Crippen LogP contribution in [0.3, 0.4) is 0 Å². The van der Waals surface area contributed by atoms with Crippen LogP contribution < -0.4 is 5.73 Å². The highest BCUT2D eigenvalue weighted by Crippen LogP contribution is 2.32. The molecule has 12 heavy (non-hydrogen) atoms. The van der Waals surface area contributed by atoms with Gasteiger partial charge in [-0.15, -0.1) is 0 Å². The Morgan fingerprint density at radius 3 is 3.00 bits per heavy atom. The quantitative estimate of drug-likeness (QED) is 0.561. The van der Waals surface area contributed by atoms with Crippen molar-refractivity contribution in [2.45, 2.75) is 12.5 Å². The maximum Gasteiger partial charge on any atom is 0.0830 e. The van der Waals surface area contributed by atoms with Crippen LogP contribution in [0.1, 0.15) is 11.1 Å². The van der Waals surface area contributed by atoms with E-state index in [1.807, 2.05) is 18.2 Å². The largest absolute Gasteiger partial charge is 0.399 e. The van der Waals surface area contributed by atoms with Crippen molar-refractivity contribution < 1.29 is 5.11 Å². The number of hydrogen-bond donors (Lipinski definition) is 2. The molecule has 3 N–H and O–H groups in total. The fourth-order valence-electron chi connectivity index (χ4n) is 1.58. The highest BCUT2D eigenvalue weighted by atomic mass is 16.3. The van der Waals surface area contributed by atoms with Crippen LogP contribution in [-0.2, 0) is 6.42 Å². The van der Waals surface area contributed by atoms with Crippen molar-refractivity contribution in [3.63, 3.8) is 0 Å². The second-order valence-corrected chi connectivity index (χ2v) is 3.16. The summed E-state index contributed by atoms with van der Waals surface area (Å²) in [6, 6.07) is 5.67. The molecule has 1 aliphatic rings. The predicted octanol–water partition coefficient (Wildman–Crippen LogP) is 1.20. The van der Waals surface area contributed by atoms with E-state index in [1.165, 1.54) is 0 Å². The van der Waals surface area contributed by atoms with Gasteiger partial charge in [-0.2, -0.15) is 0 Å². The number of rotatable bonds is 0. The van der Waals surface area contributed by atoms with E-state index in [2.05, 4.69) is 6.58 Å². The van der Waals surface area contributed by atoms with Gasteiger partial charge in [-0.3, -0.25) is 0 Å². The van der Waals surface area contributed by atoms with Gasteiger partial charge in [-0.25, -0.2) is 0 Å². The molecule has 1 aliphatic carbocycles. The molecule has 2 rings (SSSR count). The molecule has 0 saturated carbocycles. The van der Waals surface area contributed by atoms with Gasteiger partial charge in [0, 0.05) is 12.1 Å². The topological polar surface area (TPSA) is 46.2 Å². The van der Waals surface area contributed by atoms with Crippen molar-refractivity contribution in [3.8, 4) is 0 Å². The van der Waals surface area contributed by atoms with Crippen molar-refractivity contribution in [3.05, 3.63) is 35.9 Å². The van der Waals surface area contributed by atoms with Gasteiger partial charge >= 0.3 is 0 Å². The van der Waals surface area contributed by atoms with Gasteiger partial charge in [0.2, 0.25) is 0 Å².